The minimum absolute atomic E-state index is 3.04. The van der Waals surface area contributed by atoms with Gasteiger partial charge in [0.05, 0.1) is 0 Å². The molecule has 16 heteroatoms. The van der Waals surface area contributed by atoms with Crippen LogP contribution in [0.3, 0.4) is 0 Å². The second-order valence-electron chi connectivity index (χ2n) is 2.85. The summed E-state index contributed by atoms with van der Waals surface area (Å²) in [5.41, 5.74) is 0. The maximum absolute atomic E-state index is 11.8. The van der Waals surface area contributed by atoms with E-state index in [9.17, 15) is 53.9 Å². The molecule has 0 bridgehead atoms. The van der Waals surface area contributed by atoms with Crippen molar-refractivity contribution in [1.82, 2.24) is 0 Å². The normalized spacial score (nSPS) is 12.8. The Morgan fingerprint density at radius 3 is 0.864 bits per heavy atom. The van der Waals surface area contributed by atoms with Gasteiger partial charge in [-0.3, -0.25) is 0 Å². The fourth-order valence-electron chi connectivity index (χ4n) is 0.414. The van der Waals surface area contributed by atoms with Gasteiger partial charge in [-0.15, -0.1) is 0 Å². The average molecular weight is 414 g/mol. The van der Waals surface area contributed by atoms with E-state index in [2.05, 4.69) is 11.2 Å². The van der Waals surface area contributed by atoms with Crippen molar-refractivity contribution in [1.29, 1.82) is 0 Å². The number of carbonyl (C=O) groups excluding carboxylic acids is 3. The standard InChI is InChI=1S/C6AsF9O6/c8-4(9,10)1(17)20-7(21-2(18)5(11,12)13)22-3(19)6(14,15)16. The van der Waals surface area contributed by atoms with Gasteiger partial charge in [0.15, 0.2) is 0 Å². The fraction of sp³-hybridized carbons (Fsp3) is 0.500. The van der Waals surface area contributed by atoms with Crippen molar-refractivity contribution in [2.75, 3.05) is 0 Å². The Morgan fingerprint density at radius 1 is 0.545 bits per heavy atom. The summed E-state index contributed by atoms with van der Waals surface area (Å²) in [6, 6.07) is 0. The molecule has 6 nitrogen and oxygen atoms in total. The molecule has 0 fully saturated rings. The molecule has 0 radical (unpaired) electrons. The van der Waals surface area contributed by atoms with E-state index in [0.29, 0.717) is 0 Å². The van der Waals surface area contributed by atoms with Gasteiger partial charge in [-0.1, -0.05) is 0 Å². The predicted octanol–water partition coefficient (Wildman–Crippen LogP) is 1.29. The number of hydrogen-bond acceptors (Lipinski definition) is 6. The van der Waals surface area contributed by atoms with Gasteiger partial charge in [0.25, 0.3) is 0 Å². The molecule has 128 valence electrons. The molecule has 0 aromatic carbocycles. The van der Waals surface area contributed by atoms with E-state index < -0.39 is 52.1 Å². The molecule has 0 aromatic heterocycles. The monoisotopic (exact) mass is 414 g/mol. The second kappa shape index (κ2) is 6.62. The van der Waals surface area contributed by atoms with Crippen LogP contribution >= 0.6 is 0 Å². The summed E-state index contributed by atoms with van der Waals surface area (Å²) in [5.74, 6) is -9.92. The molecule has 0 unspecified atom stereocenters. The van der Waals surface area contributed by atoms with Crippen molar-refractivity contribution in [3.05, 3.63) is 0 Å². The Labute approximate surface area is 118 Å². The van der Waals surface area contributed by atoms with Crippen molar-refractivity contribution in [2.24, 2.45) is 0 Å². The van der Waals surface area contributed by atoms with E-state index in [0.717, 1.165) is 0 Å². The molecule has 0 saturated carbocycles. The van der Waals surface area contributed by atoms with E-state index in [1.54, 1.807) is 0 Å². The van der Waals surface area contributed by atoms with Gasteiger partial charge in [-0.2, -0.15) is 0 Å². The summed E-state index contributed by atoms with van der Waals surface area (Å²) < 4.78 is 115. The van der Waals surface area contributed by atoms with Crippen LogP contribution in [-0.4, -0.2) is 52.1 Å². The number of alkyl halides is 9. The Balaban J connectivity index is 5.12. The molecule has 0 saturated heterocycles. The number of hydrogen-bond donors (Lipinski definition) is 0. The summed E-state index contributed by atoms with van der Waals surface area (Å²) in [6.45, 7) is 0. The molecule has 0 aliphatic heterocycles. The van der Waals surface area contributed by atoms with Crippen LogP contribution in [0.5, 0.6) is 0 Å². The zero-order valence-corrected chi connectivity index (χ0v) is 11.2. The first-order valence-electron chi connectivity index (χ1n) is 4.22. The van der Waals surface area contributed by atoms with Gasteiger partial charge < -0.3 is 0 Å². The van der Waals surface area contributed by atoms with E-state index in [-0.39, 0.29) is 0 Å². The van der Waals surface area contributed by atoms with E-state index in [1.165, 1.54) is 0 Å². The first-order chi connectivity index (χ1) is 9.55. The Bertz CT molecular complexity index is 384. The molecule has 0 spiro atoms. The molecule has 0 atom stereocenters. The van der Waals surface area contributed by atoms with Crippen molar-refractivity contribution in [3.63, 3.8) is 0 Å². The van der Waals surface area contributed by atoms with Crippen LogP contribution in [-0.2, 0) is 25.6 Å². The zero-order chi connectivity index (χ0) is 17.9. The molecule has 0 aliphatic carbocycles. The first-order valence-corrected chi connectivity index (χ1v) is 6.52. The summed E-state index contributed by atoms with van der Waals surface area (Å²) in [5, 5.41) is 0. The van der Waals surface area contributed by atoms with Crippen LogP contribution in [0.15, 0.2) is 0 Å². The molecule has 22 heavy (non-hydrogen) atoms. The molecule has 0 N–H and O–H groups in total. The zero-order valence-electron chi connectivity index (χ0n) is 9.30. The molecule has 0 aliphatic rings. The van der Waals surface area contributed by atoms with Gasteiger partial charge in [0, 0.05) is 0 Å². The van der Waals surface area contributed by atoms with Crippen LogP contribution in [0.2, 0.25) is 0 Å². The Morgan fingerprint density at radius 2 is 0.727 bits per heavy atom. The average Bonchev–Trinajstić information content (AvgIpc) is 2.24. The van der Waals surface area contributed by atoms with Crippen molar-refractivity contribution in [2.45, 2.75) is 18.5 Å². The van der Waals surface area contributed by atoms with Crippen LogP contribution in [0, 0.1) is 0 Å². The van der Waals surface area contributed by atoms with E-state index in [4.69, 9.17) is 0 Å². The van der Waals surface area contributed by atoms with Crippen molar-refractivity contribution >= 4 is 33.6 Å². The van der Waals surface area contributed by atoms with Gasteiger partial charge in [-0.05, 0) is 0 Å². The SMILES string of the molecule is O=C(O[As](OC(=O)C(F)(F)F)OC(=O)C(F)(F)F)C(F)(F)F. The summed E-state index contributed by atoms with van der Waals surface area (Å²) >= 11 is -5.49. The second-order valence-corrected chi connectivity index (χ2v) is 4.94. The third kappa shape index (κ3) is 6.86. The van der Waals surface area contributed by atoms with Crippen LogP contribution < -0.4 is 0 Å². The fourth-order valence-corrected chi connectivity index (χ4v) is 2.15. The molecule has 0 aromatic rings. The van der Waals surface area contributed by atoms with Crippen molar-refractivity contribution < 1.29 is 65.1 Å². The maximum atomic E-state index is 11.8. The van der Waals surface area contributed by atoms with E-state index in [1.807, 2.05) is 0 Å². The van der Waals surface area contributed by atoms with Crippen LogP contribution in [0.4, 0.5) is 39.5 Å². The molecule has 0 amide bonds. The summed E-state index contributed by atoms with van der Waals surface area (Å²) in [7, 11) is 0. The topological polar surface area (TPSA) is 78.9 Å². The molecule has 0 heterocycles. The summed E-state index contributed by atoms with van der Waals surface area (Å²) in [6.07, 6.45) is -17.5. The van der Waals surface area contributed by atoms with Crippen molar-refractivity contribution in [3.8, 4) is 0 Å². The third-order valence-electron chi connectivity index (χ3n) is 1.17. The van der Waals surface area contributed by atoms with E-state index >= 15 is 0 Å². The quantitative estimate of drug-likeness (QED) is 0.512. The van der Waals surface area contributed by atoms with Crippen LogP contribution in [0.1, 0.15) is 0 Å². The minimum atomic E-state index is -5.84. The van der Waals surface area contributed by atoms with Gasteiger partial charge in [0.1, 0.15) is 0 Å². The number of halogens is 9. The van der Waals surface area contributed by atoms with Gasteiger partial charge >= 0.3 is 117 Å². The van der Waals surface area contributed by atoms with Crippen LogP contribution in [0.25, 0.3) is 0 Å². The third-order valence-corrected chi connectivity index (χ3v) is 3.15. The number of rotatable bonds is 3. The molecular weight excluding hydrogens is 414 g/mol. The number of carbonyl (C=O) groups is 3. The van der Waals surface area contributed by atoms with Gasteiger partial charge in [-0.25, -0.2) is 0 Å². The van der Waals surface area contributed by atoms with Gasteiger partial charge in [0.2, 0.25) is 0 Å². The molecule has 0 rings (SSSR count). The first kappa shape index (κ1) is 20.3. The summed E-state index contributed by atoms with van der Waals surface area (Å²) in [4.78, 5) is 30.8. The Hall–Kier alpha value is -1.66. The molecular formula is C6AsF9O6. The Kier molecular flexibility index (Phi) is 6.12. The predicted molar refractivity (Wildman–Crippen MR) is 42.2 cm³/mol.